The van der Waals surface area contributed by atoms with Gasteiger partial charge in [-0.05, 0) is 67.4 Å². The fourth-order valence-corrected chi connectivity index (χ4v) is 5.31. The van der Waals surface area contributed by atoms with Gasteiger partial charge in [0.05, 0.1) is 35.3 Å². The first-order chi connectivity index (χ1) is 20.9. The van der Waals surface area contributed by atoms with Crippen molar-refractivity contribution in [3.8, 4) is 11.5 Å². The van der Waals surface area contributed by atoms with Crippen molar-refractivity contribution in [1.29, 1.82) is 0 Å². The van der Waals surface area contributed by atoms with E-state index in [0.29, 0.717) is 56.8 Å². The van der Waals surface area contributed by atoms with Crippen LogP contribution in [0.15, 0.2) is 73.1 Å². The maximum Gasteiger partial charge on any atom is 0.248 e. The number of ether oxygens (including phenoxy) is 3. The standard InChI is InChI=1S/C32H33ClFN5O4/c1-41-16-15-39-14-4-7-24(39)9-13-29(40)38-27-11-10-26-30(31(27)42-2)32(36-20-35-26)37-23-8-12-28(25(33)18-23)43-19-21-5-3-6-22(34)17-21/h3,5-6,8-13,17-18,20,24H,4,7,14-16,19H2,1-2H3,(H,38,40)(H,35,36,37)/b13-9+. The Balaban J connectivity index is 1.32. The fourth-order valence-electron chi connectivity index (χ4n) is 5.08. The Kier molecular flexibility index (Phi) is 10.0. The molecule has 0 radical (unpaired) electrons. The average molecular weight is 606 g/mol. The Hall–Kier alpha value is -4.25. The molecule has 1 amide bonds. The van der Waals surface area contributed by atoms with Crippen molar-refractivity contribution in [1.82, 2.24) is 14.9 Å². The molecule has 2 heterocycles. The molecule has 0 aliphatic carbocycles. The summed E-state index contributed by atoms with van der Waals surface area (Å²) in [7, 11) is 3.22. The van der Waals surface area contributed by atoms with Crippen LogP contribution in [0, 0.1) is 5.82 Å². The van der Waals surface area contributed by atoms with Gasteiger partial charge in [0.25, 0.3) is 0 Å². The molecule has 3 aromatic carbocycles. The second kappa shape index (κ2) is 14.3. The number of benzene rings is 3. The van der Waals surface area contributed by atoms with Crippen LogP contribution in [0.4, 0.5) is 21.6 Å². The van der Waals surface area contributed by atoms with E-state index in [1.807, 2.05) is 6.08 Å². The van der Waals surface area contributed by atoms with E-state index in [-0.39, 0.29) is 24.4 Å². The molecule has 1 unspecified atom stereocenters. The predicted molar refractivity (Wildman–Crippen MR) is 166 cm³/mol. The Morgan fingerprint density at radius 3 is 2.84 bits per heavy atom. The van der Waals surface area contributed by atoms with Crippen molar-refractivity contribution in [3.05, 3.63) is 89.5 Å². The zero-order valence-electron chi connectivity index (χ0n) is 24.0. The van der Waals surface area contributed by atoms with Crippen molar-refractivity contribution in [2.75, 3.05) is 44.5 Å². The number of nitrogens with zero attached hydrogens (tertiary/aromatic N) is 3. The maximum atomic E-state index is 13.5. The molecule has 0 saturated carbocycles. The second-order valence-corrected chi connectivity index (χ2v) is 10.4. The Morgan fingerprint density at radius 1 is 1.16 bits per heavy atom. The molecular weight excluding hydrogens is 573 g/mol. The van der Waals surface area contributed by atoms with Gasteiger partial charge in [-0.1, -0.05) is 29.8 Å². The van der Waals surface area contributed by atoms with Crippen molar-refractivity contribution in [3.63, 3.8) is 0 Å². The van der Waals surface area contributed by atoms with Gasteiger partial charge in [-0.15, -0.1) is 0 Å². The van der Waals surface area contributed by atoms with Gasteiger partial charge in [0, 0.05) is 31.5 Å². The number of anilines is 3. The van der Waals surface area contributed by atoms with Crippen molar-refractivity contribution in [2.45, 2.75) is 25.5 Å². The van der Waals surface area contributed by atoms with Crippen molar-refractivity contribution >= 4 is 45.6 Å². The largest absolute Gasteiger partial charge is 0.494 e. The predicted octanol–water partition coefficient (Wildman–Crippen LogP) is 6.36. The van der Waals surface area contributed by atoms with Crippen LogP contribution in [0.3, 0.4) is 0 Å². The van der Waals surface area contributed by atoms with Gasteiger partial charge >= 0.3 is 0 Å². The number of nitrogens with one attached hydrogen (secondary N) is 2. The summed E-state index contributed by atoms with van der Waals surface area (Å²) in [5.74, 6) is 0.763. The third-order valence-corrected chi connectivity index (χ3v) is 7.46. The SMILES string of the molecule is COCCN1CCCC1/C=C/C(=O)Nc1ccc2ncnc(Nc3ccc(OCc4cccc(F)c4)c(Cl)c3)c2c1OC. The lowest BCUT2D eigenvalue weighted by atomic mass is 10.1. The van der Waals surface area contributed by atoms with Gasteiger partial charge in [-0.25, -0.2) is 14.4 Å². The monoisotopic (exact) mass is 605 g/mol. The van der Waals surface area contributed by atoms with Crippen LogP contribution in [0.25, 0.3) is 10.9 Å². The summed E-state index contributed by atoms with van der Waals surface area (Å²) in [5.41, 5.74) is 2.46. The summed E-state index contributed by atoms with van der Waals surface area (Å²) in [6, 6.07) is 15.2. The third-order valence-electron chi connectivity index (χ3n) is 7.16. The number of amides is 1. The van der Waals surface area contributed by atoms with E-state index >= 15 is 0 Å². The molecular formula is C32H33ClFN5O4. The number of likely N-dealkylation sites (tertiary alicyclic amines) is 1. The summed E-state index contributed by atoms with van der Waals surface area (Å²) in [5, 5.41) is 7.17. The van der Waals surface area contributed by atoms with E-state index in [2.05, 4.69) is 25.5 Å². The van der Waals surface area contributed by atoms with Crippen LogP contribution < -0.4 is 20.1 Å². The number of fused-ring (bicyclic) bond motifs is 1. The van der Waals surface area contributed by atoms with Gasteiger partial charge < -0.3 is 24.8 Å². The molecule has 1 aromatic heterocycles. The number of halogens is 2. The molecule has 1 aliphatic heterocycles. The molecule has 2 N–H and O–H groups in total. The lowest BCUT2D eigenvalue weighted by molar-refractivity contribution is -0.112. The number of hydrogen-bond donors (Lipinski definition) is 2. The average Bonchev–Trinajstić information content (AvgIpc) is 3.46. The molecule has 1 saturated heterocycles. The van der Waals surface area contributed by atoms with E-state index in [1.54, 1.807) is 55.7 Å². The van der Waals surface area contributed by atoms with Crippen LogP contribution in [0.2, 0.25) is 5.02 Å². The molecule has 9 nitrogen and oxygen atoms in total. The number of methoxy groups -OCH3 is 2. The summed E-state index contributed by atoms with van der Waals surface area (Å²) >= 11 is 6.50. The van der Waals surface area contributed by atoms with Gasteiger partial charge in [-0.3, -0.25) is 9.69 Å². The lowest BCUT2D eigenvalue weighted by Gasteiger charge is -2.21. The topological polar surface area (TPSA) is 97.8 Å². The highest BCUT2D eigenvalue weighted by Crippen LogP contribution is 2.38. The Labute approximate surface area is 254 Å². The number of carbonyl (C=O) groups is 1. The first-order valence-corrected chi connectivity index (χ1v) is 14.3. The van der Waals surface area contributed by atoms with Gasteiger partial charge in [0.2, 0.25) is 5.91 Å². The summed E-state index contributed by atoms with van der Waals surface area (Å²) in [4.78, 5) is 24.0. The molecule has 11 heteroatoms. The minimum atomic E-state index is -0.326. The first-order valence-electron chi connectivity index (χ1n) is 13.9. The first kappa shape index (κ1) is 30.2. The number of rotatable bonds is 12. The van der Waals surface area contributed by atoms with E-state index in [1.165, 1.54) is 25.6 Å². The van der Waals surface area contributed by atoms with Gasteiger partial charge in [0.1, 0.15) is 30.3 Å². The molecule has 4 aromatic rings. The number of hydrogen-bond acceptors (Lipinski definition) is 8. The quantitative estimate of drug-likeness (QED) is 0.180. The minimum Gasteiger partial charge on any atom is -0.494 e. The molecule has 1 aliphatic rings. The normalized spacial score (nSPS) is 15.2. The lowest BCUT2D eigenvalue weighted by Crippen LogP contribution is -2.31. The highest BCUT2D eigenvalue weighted by Gasteiger charge is 2.22. The smallest absolute Gasteiger partial charge is 0.248 e. The minimum absolute atomic E-state index is 0.175. The van der Waals surface area contributed by atoms with E-state index in [9.17, 15) is 9.18 Å². The van der Waals surface area contributed by atoms with E-state index < -0.39 is 0 Å². The molecule has 0 bridgehead atoms. The van der Waals surface area contributed by atoms with Crippen molar-refractivity contribution in [2.24, 2.45) is 0 Å². The molecule has 1 atom stereocenters. The molecule has 0 spiro atoms. The Morgan fingerprint density at radius 2 is 2.05 bits per heavy atom. The zero-order valence-corrected chi connectivity index (χ0v) is 24.7. The van der Waals surface area contributed by atoms with Gasteiger partial charge in [-0.2, -0.15) is 0 Å². The van der Waals surface area contributed by atoms with Crippen LogP contribution in [0.1, 0.15) is 18.4 Å². The third kappa shape index (κ3) is 7.59. The molecule has 1 fully saturated rings. The maximum absolute atomic E-state index is 13.5. The molecule has 43 heavy (non-hydrogen) atoms. The molecule has 5 rings (SSSR count). The summed E-state index contributed by atoms with van der Waals surface area (Å²) < 4.78 is 30.2. The van der Waals surface area contributed by atoms with Crippen LogP contribution in [-0.2, 0) is 16.1 Å². The van der Waals surface area contributed by atoms with Crippen LogP contribution in [0.5, 0.6) is 11.5 Å². The highest BCUT2D eigenvalue weighted by atomic mass is 35.5. The van der Waals surface area contributed by atoms with Crippen LogP contribution in [-0.4, -0.2) is 60.7 Å². The van der Waals surface area contributed by atoms with E-state index in [0.717, 1.165) is 25.9 Å². The second-order valence-electron chi connectivity index (χ2n) is 10.0. The Bertz CT molecular complexity index is 1620. The van der Waals surface area contributed by atoms with Gasteiger partial charge in [0.15, 0.2) is 5.75 Å². The number of carbonyl (C=O) groups excluding carboxylic acids is 1. The zero-order chi connectivity index (χ0) is 30.2. The summed E-state index contributed by atoms with van der Waals surface area (Å²) in [6.07, 6.45) is 7.05. The summed E-state index contributed by atoms with van der Waals surface area (Å²) in [6.45, 7) is 2.65. The highest BCUT2D eigenvalue weighted by molar-refractivity contribution is 6.32. The van der Waals surface area contributed by atoms with Crippen LogP contribution >= 0.6 is 11.6 Å². The van der Waals surface area contributed by atoms with E-state index in [4.69, 9.17) is 25.8 Å². The molecule has 224 valence electrons. The van der Waals surface area contributed by atoms with Crippen molar-refractivity contribution < 1.29 is 23.4 Å². The fraction of sp³-hybridized carbons (Fsp3) is 0.281. The number of aromatic nitrogens is 2.